The summed E-state index contributed by atoms with van der Waals surface area (Å²) < 4.78 is 1.72. The topological polar surface area (TPSA) is 88.2 Å². The second kappa shape index (κ2) is 7.69. The lowest BCUT2D eigenvalue weighted by molar-refractivity contribution is 0.211. The molecular weight excluding hydrogens is 364 g/mol. The number of hydrogen-bond donors (Lipinski definition) is 2. The van der Waals surface area contributed by atoms with E-state index in [1.54, 1.807) is 16.9 Å². The van der Waals surface area contributed by atoms with Crippen LogP contribution in [0.4, 0.5) is 5.69 Å². The number of nitrogens with one attached hydrogen (secondary N) is 1. The van der Waals surface area contributed by atoms with Crippen molar-refractivity contribution in [3.8, 4) is 22.6 Å². The Hall–Kier alpha value is -3.03. The SMILES string of the molecule is OC(CCl)CNc1cccc(-c2ccc3nnc(-c4ccncc4)n3n2)c1. The van der Waals surface area contributed by atoms with E-state index in [0.717, 1.165) is 22.5 Å². The van der Waals surface area contributed by atoms with E-state index in [-0.39, 0.29) is 5.88 Å². The molecule has 0 bridgehead atoms. The van der Waals surface area contributed by atoms with Gasteiger partial charge in [-0.2, -0.15) is 9.61 Å². The fourth-order valence-corrected chi connectivity index (χ4v) is 2.81. The lowest BCUT2D eigenvalue weighted by Gasteiger charge is -2.11. The van der Waals surface area contributed by atoms with Crippen LogP contribution in [-0.2, 0) is 0 Å². The van der Waals surface area contributed by atoms with E-state index in [1.165, 1.54) is 0 Å². The summed E-state index contributed by atoms with van der Waals surface area (Å²) in [5, 5.41) is 25.9. The van der Waals surface area contributed by atoms with Gasteiger partial charge in [0.15, 0.2) is 11.5 Å². The lowest BCUT2D eigenvalue weighted by Crippen LogP contribution is -2.20. The molecule has 3 heterocycles. The summed E-state index contributed by atoms with van der Waals surface area (Å²) in [5.41, 5.74) is 4.19. The molecule has 8 heteroatoms. The number of aliphatic hydroxyl groups excluding tert-OH is 1. The summed E-state index contributed by atoms with van der Waals surface area (Å²) in [4.78, 5) is 4.04. The number of aromatic nitrogens is 5. The summed E-state index contributed by atoms with van der Waals surface area (Å²) in [6.45, 7) is 0.386. The smallest absolute Gasteiger partial charge is 0.185 e. The molecule has 0 fully saturated rings. The van der Waals surface area contributed by atoms with Gasteiger partial charge < -0.3 is 10.4 Å². The first-order valence-corrected chi connectivity index (χ1v) is 8.99. The van der Waals surface area contributed by atoms with Gasteiger partial charge in [0.2, 0.25) is 0 Å². The van der Waals surface area contributed by atoms with Crippen molar-refractivity contribution < 1.29 is 5.11 Å². The Balaban J connectivity index is 1.68. The molecule has 0 amide bonds. The molecule has 0 aliphatic carbocycles. The molecule has 3 aromatic heterocycles. The summed E-state index contributed by atoms with van der Waals surface area (Å²) in [7, 11) is 0. The number of rotatable bonds is 6. The maximum absolute atomic E-state index is 9.61. The van der Waals surface area contributed by atoms with E-state index in [2.05, 4.69) is 20.5 Å². The van der Waals surface area contributed by atoms with Crippen LogP contribution in [0.15, 0.2) is 60.9 Å². The Kier molecular flexibility index (Phi) is 4.95. The minimum absolute atomic E-state index is 0.191. The number of hydrogen-bond acceptors (Lipinski definition) is 6. The Morgan fingerprint density at radius 2 is 1.89 bits per heavy atom. The summed E-state index contributed by atoms with van der Waals surface area (Å²) in [6, 6.07) is 15.4. The molecular formula is C19H17ClN6O. The Bertz CT molecular complexity index is 1050. The van der Waals surface area contributed by atoms with Crippen molar-refractivity contribution in [1.29, 1.82) is 0 Å². The van der Waals surface area contributed by atoms with E-state index in [9.17, 15) is 5.11 Å². The minimum atomic E-state index is -0.593. The molecule has 1 aromatic carbocycles. The number of benzene rings is 1. The van der Waals surface area contributed by atoms with Gasteiger partial charge in [-0.15, -0.1) is 21.8 Å². The van der Waals surface area contributed by atoms with Crippen LogP contribution in [0.3, 0.4) is 0 Å². The van der Waals surface area contributed by atoms with E-state index in [4.69, 9.17) is 16.7 Å². The third kappa shape index (κ3) is 3.74. The fourth-order valence-electron chi connectivity index (χ4n) is 2.70. The Morgan fingerprint density at radius 1 is 1.04 bits per heavy atom. The van der Waals surface area contributed by atoms with Crippen LogP contribution in [0.2, 0.25) is 0 Å². The molecule has 7 nitrogen and oxygen atoms in total. The van der Waals surface area contributed by atoms with Crippen molar-refractivity contribution in [2.75, 3.05) is 17.7 Å². The van der Waals surface area contributed by atoms with E-state index in [0.29, 0.717) is 18.0 Å². The first kappa shape index (κ1) is 17.4. The van der Waals surface area contributed by atoms with Crippen LogP contribution in [0.25, 0.3) is 28.3 Å². The normalized spacial score (nSPS) is 12.2. The van der Waals surface area contributed by atoms with Crippen molar-refractivity contribution in [3.63, 3.8) is 0 Å². The zero-order valence-corrected chi connectivity index (χ0v) is 15.1. The summed E-state index contributed by atoms with van der Waals surface area (Å²) >= 11 is 5.64. The molecule has 0 spiro atoms. The van der Waals surface area contributed by atoms with Gasteiger partial charge in [-0.1, -0.05) is 12.1 Å². The number of aliphatic hydroxyl groups is 1. The predicted molar refractivity (Wildman–Crippen MR) is 105 cm³/mol. The number of halogens is 1. The molecule has 27 heavy (non-hydrogen) atoms. The van der Waals surface area contributed by atoms with Gasteiger partial charge in [0.05, 0.1) is 17.7 Å². The molecule has 4 aromatic rings. The molecule has 0 radical (unpaired) electrons. The first-order valence-electron chi connectivity index (χ1n) is 8.46. The highest BCUT2D eigenvalue weighted by atomic mass is 35.5. The van der Waals surface area contributed by atoms with Gasteiger partial charge in [0.25, 0.3) is 0 Å². The van der Waals surface area contributed by atoms with Crippen LogP contribution < -0.4 is 5.32 Å². The molecule has 0 aliphatic heterocycles. The molecule has 1 unspecified atom stereocenters. The molecule has 0 aliphatic rings. The first-order chi connectivity index (χ1) is 13.2. The summed E-state index contributed by atoms with van der Waals surface area (Å²) in [6.07, 6.45) is 2.83. The monoisotopic (exact) mass is 380 g/mol. The van der Waals surface area contributed by atoms with Crippen molar-refractivity contribution >= 4 is 22.9 Å². The third-order valence-corrected chi connectivity index (χ3v) is 4.44. The van der Waals surface area contributed by atoms with Gasteiger partial charge >= 0.3 is 0 Å². The quantitative estimate of drug-likeness (QED) is 0.500. The number of alkyl halides is 1. The van der Waals surface area contributed by atoms with Crippen molar-refractivity contribution in [2.45, 2.75) is 6.10 Å². The maximum Gasteiger partial charge on any atom is 0.185 e. The van der Waals surface area contributed by atoms with Gasteiger partial charge in [-0.25, -0.2) is 0 Å². The van der Waals surface area contributed by atoms with E-state index in [1.807, 2.05) is 48.5 Å². The molecule has 0 saturated carbocycles. The van der Waals surface area contributed by atoms with Gasteiger partial charge in [0.1, 0.15) is 0 Å². The number of anilines is 1. The minimum Gasteiger partial charge on any atom is -0.390 e. The van der Waals surface area contributed by atoms with Gasteiger partial charge in [-0.05, 0) is 36.4 Å². The van der Waals surface area contributed by atoms with Crippen LogP contribution in [-0.4, -0.2) is 48.4 Å². The van der Waals surface area contributed by atoms with E-state index >= 15 is 0 Å². The molecule has 2 N–H and O–H groups in total. The van der Waals surface area contributed by atoms with Crippen LogP contribution in [0.1, 0.15) is 0 Å². The molecule has 1 atom stereocenters. The van der Waals surface area contributed by atoms with Crippen LogP contribution in [0.5, 0.6) is 0 Å². The number of pyridine rings is 1. The van der Waals surface area contributed by atoms with Crippen LogP contribution in [0, 0.1) is 0 Å². The molecule has 4 rings (SSSR count). The lowest BCUT2D eigenvalue weighted by atomic mass is 10.1. The Morgan fingerprint density at radius 3 is 2.70 bits per heavy atom. The van der Waals surface area contributed by atoms with Crippen molar-refractivity contribution in [3.05, 3.63) is 60.9 Å². The summed E-state index contributed by atoms with van der Waals surface area (Å²) in [5.74, 6) is 0.852. The standard InChI is InChI=1S/C19H17ClN6O/c20-11-16(27)12-22-15-3-1-2-14(10-15)17-4-5-18-23-24-19(26(18)25-17)13-6-8-21-9-7-13/h1-10,16,22,27H,11-12H2. The highest BCUT2D eigenvalue weighted by Gasteiger charge is 2.11. The largest absolute Gasteiger partial charge is 0.390 e. The van der Waals surface area contributed by atoms with Crippen molar-refractivity contribution in [1.82, 2.24) is 24.8 Å². The average molecular weight is 381 g/mol. The second-order valence-electron chi connectivity index (χ2n) is 6.02. The Labute approximate surface area is 160 Å². The number of fused-ring (bicyclic) bond motifs is 1. The second-order valence-corrected chi connectivity index (χ2v) is 6.33. The van der Waals surface area contributed by atoms with Gasteiger partial charge in [-0.3, -0.25) is 4.98 Å². The van der Waals surface area contributed by atoms with Gasteiger partial charge in [0, 0.05) is 35.8 Å². The highest BCUT2D eigenvalue weighted by Crippen LogP contribution is 2.23. The third-order valence-electron chi connectivity index (χ3n) is 4.08. The molecule has 136 valence electrons. The predicted octanol–water partition coefficient (Wildman–Crippen LogP) is 2.86. The number of nitrogens with zero attached hydrogens (tertiary/aromatic N) is 5. The zero-order valence-electron chi connectivity index (χ0n) is 14.3. The highest BCUT2D eigenvalue weighted by molar-refractivity contribution is 6.18. The van der Waals surface area contributed by atoms with Crippen molar-refractivity contribution in [2.24, 2.45) is 0 Å². The van der Waals surface area contributed by atoms with E-state index < -0.39 is 6.10 Å². The van der Waals surface area contributed by atoms with Crippen LogP contribution >= 0.6 is 11.6 Å². The maximum atomic E-state index is 9.61. The zero-order chi connectivity index (χ0) is 18.6. The average Bonchev–Trinajstić information content (AvgIpc) is 3.16. The molecule has 0 saturated heterocycles. The fraction of sp³-hybridized carbons (Fsp3) is 0.158.